The molecule has 0 aromatic carbocycles. The number of unbranched alkanes of at least 4 members (excludes halogenated alkanes) is 6. The number of aliphatic hydroxyl groups excluding tert-OH is 1. The first kappa shape index (κ1) is 14.5. The zero-order chi connectivity index (χ0) is 11.5. The maximum atomic E-state index is 9.62. The van der Waals surface area contributed by atoms with Crippen LogP contribution in [0.1, 0.15) is 65.2 Å². The largest absolute Gasteiger partial charge is 0.388 e. The van der Waals surface area contributed by atoms with E-state index in [0.717, 1.165) is 18.4 Å². The molecule has 0 spiro atoms. The maximum absolute atomic E-state index is 9.62. The Kier molecular flexibility index (Phi) is 9.67. The SMILES string of the molecule is C=C=C(C)C(O)CCCCCCCCC. The summed E-state index contributed by atoms with van der Waals surface area (Å²) < 4.78 is 0. The molecule has 0 aliphatic heterocycles. The van der Waals surface area contributed by atoms with Gasteiger partial charge >= 0.3 is 0 Å². The second kappa shape index (κ2) is 10.0. The monoisotopic (exact) mass is 210 g/mol. The third-order valence-electron chi connectivity index (χ3n) is 2.86. The molecule has 1 N–H and O–H groups in total. The highest BCUT2D eigenvalue weighted by Gasteiger charge is 2.04. The highest BCUT2D eigenvalue weighted by atomic mass is 16.3. The minimum absolute atomic E-state index is 0.321. The van der Waals surface area contributed by atoms with Gasteiger partial charge in [0.15, 0.2) is 0 Å². The van der Waals surface area contributed by atoms with Crippen LogP contribution in [-0.4, -0.2) is 11.2 Å². The second-order valence-electron chi connectivity index (χ2n) is 4.29. The van der Waals surface area contributed by atoms with Gasteiger partial charge in [0.05, 0.1) is 6.10 Å². The average molecular weight is 210 g/mol. The van der Waals surface area contributed by atoms with Crippen LogP contribution in [0.15, 0.2) is 17.9 Å². The van der Waals surface area contributed by atoms with E-state index in [1.54, 1.807) is 0 Å². The lowest BCUT2D eigenvalue weighted by atomic mass is 10.0. The van der Waals surface area contributed by atoms with E-state index < -0.39 is 0 Å². The van der Waals surface area contributed by atoms with Gasteiger partial charge in [-0.2, -0.15) is 0 Å². The Balaban J connectivity index is 3.27. The van der Waals surface area contributed by atoms with Gasteiger partial charge in [-0.3, -0.25) is 0 Å². The molecule has 0 saturated heterocycles. The Morgan fingerprint density at radius 2 is 1.67 bits per heavy atom. The van der Waals surface area contributed by atoms with E-state index in [-0.39, 0.29) is 6.10 Å². The molecule has 0 amide bonds. The summed E-state index contributed by atoms with van der Waals surface area (Å²) in [4.78, 5) is 0. The van der Waals surface area contributed by atoms with Gasteiger partial charge in [0, 0.05) is 0 Å². The van der Waals surface area contributed by atoms with Crippen molar-refractivity contribution < 1.29 is 5.11 Å². The third kappa shape index (κ3) is 8.47. The molecule has 0 aromatic heterocycles. The van der Waals surface area contributed by atoms with Crippen molar-refractivity contribution in [2.75, 3.05) is 0 Å². The number of hydrogen-bond acceptors (Lipinski definition) is 1. The maximum Gasteiger partial charge on any atom is 0.0820 e. The van der Waals surface area contributed by atoms with Crippen molar-refractivity contribution in [1.29, 1.82) is 0 Å². The first-order valence-electron chi connectivity index (χ1n) is 6.27. The Morgan fingerprint density at radius 3 is 2.20 bits per heavy atom. The molecule has 15 heavy (non-hydrogen) atoms. The first-order valence-corrected chi connectivity index (χ1v) is 6.27. The van der Waals surface area contributed by atoms with Crippen LogP contribution in [-0.2, 0) is 0 Å². The Bertz CT molecular complexity index is 190. The zero-order valence-electron chi connectivity index (χ0n) is 10.4. The standard InChI is InChI=1S/C14H26O/c1-4-6-7-8-9-10-11-12-14(15)13(3)5-2/h14-15H,2,4,6-12H2,1,3H3. The fraction of sp³-hybridized carbons (Fsp3) is 0.786. The van der Waals surface area contributed by atoms with Crippen LogP contribution in [0.3, 0.4) is 0 Å². The van der Waals surface area contributed by atoms with Gasteiger partial charge in [-0.15, -0.1) is 5.73 Å². The van der Waals surface area contributed by atoms with Crippen molar-refractivity contribution in [3.05, 3.63) is 17.9 Å². The van der Waals surface area contributed by atoms with Gasteiger partial charge in [-0.25, -0.2) is 0 Å². The lowest BCUT2D eigenvalue weighted by Crippen LogP contribution is -2.06. The van der Waals surface area contributed by atoms with Crippen molar-refractivity contribution in [3.63, 3.8) is 0 Å². The molecule has 0 fully saturated rings. The normalized spacial score (nSPS) is 12.2. The summed E-state index contributed by atoms with van der Waals surface area (Å²) in [7, 11) is 0. The molecule has 1 unspecified atom stereocenters. The van der Waals surface area contributed by atoms with Crippen molar-refractivity contribution in [3.8, 4) is 0 Å². The van der Waals surface area contributed by atoms with Crippen LogP contribution < -0.4 is 0 Å². The Hall–Kier alpha value is -0.520. The lowest BCUT2D eigenvalue weighted by molar-refractivity contribution is 0.196. The minimum atomic E-state index is -0.321. The lowest BCUT2D eigenvalue weighted by Gasteiger charge is -2.08. The molecule has 1 heteroatoms. The number of aliphatic hydroxyl groups is 1. The van der Waals surface area contributed by atoms with Crippen molar-refractivity contribution in [1.82, 2.24) is 0 Å². The molecule has 0 heterocycles. The van der Waals surface area contributed by atoms with Gasteiger partial charge in [0.1, 0.15) is 0 Å². The molecule has 0 rings (SSSR count). The van der Waals surface area contributed by atoms with Crippen LogP contribution in [0.5, 0.6) is 0 Å². The highest BCUT2D eigenvalue weighted by Crippen LogP contribution is 2.12. The summed E-state index contributed by atoms with van der Waals surface area (Å²) in [5.41, 5.74) is 3.63. The van der Waals surface area contributed by atoms with E-state index in [1.165, 1.54) is 38.5 Å². The number of hydrogen-bond donors (Lipinski definition) is 1. The van der Waals surface area contributed by atoms with Crippen LogP contribution in [0.2, 0.25) is 0 Å². The second-order valence-corrected chi connectivity index (χ2v) is 4.29. The first-order chi connectivity index (χ1) is 7.22. The summed E-state index contributed by atoms with van der Waals surface area (Å²) in [6.45, 7) is 7.66. The van der Waals surface area contributed by atoms with Crippen LogP contribution in [0, 0.1) is 0 Å². The van der Waals surface area contributed by atoms with Gasteiger partial charge < -0.3 is 5.11 Å². The Morgan fingerprint density at radius 1 is 1.13 bits per heavy atom. The fourth-order valence-electron chi connectivity index (χ4n) is 1.63. The summed E-state index contributed by atoms with van der Waals surface area (Å²) in [6, 6.07) is 0. The van der Waals surface area contributed by atoms with Crippen molar-refractivity contribution in [2.24, 2.45) is 0 Å². The molecule has 1 atom stereocenters. The number of rotatable bonds is 9. The van der Waals surface area contributed by atoms with Gasteiger partial charge in [0.25, 0.3) is 0 Å². The summed E-state index contributed by atoms with van der Waals surface area (Å²) in [5, 5.41) is 9.62. The topological polar surface area (TPSA) is 20.2 Å². The molecule has 1 nitrogen and oxygen atoms in total. The van der Waals surface area contributed by atoms with Crippen LogP contribution >= 0.6 is 0 Å². The predicted octanol–water partition coefficient (Wildman–Crippen LogP) is 4.22. The third-order valence-corrected chi connectivity index (χ3v) is 2.86. The smallest absolute Gasteiger partial charge is 0.0820 e. The molecule has 0 aliphatic carbocycles. The highest BCUT2D eigenvalue weighted by molar-refractivity contribution is 5.00. The van der Waals surface area contributed by atoms with E-state index in [0.29, 0.717) is 0 Å². The van der Waals surface area contributed by atoms with Gasteiger partial charge in [0.2, 0.25) is 0 Å². The van der Waals surface area contributed by atoms with E-state index in [1.807, 2.05) is 6.92 Å². The molecule has 0 aliphatic rings. The predicted molar refractivity (Wildman–Crippen MR) is 66.9 cm³/mol. The fourth-order valence-corrected chi connectivity index (χ4v) is 1.63. The van der Waals surface area contributed by atoms with E-state index in [4.69, 9.17) is 0 Å². The average Bonchev–Trinajstić information content (AvgIpc) is 2.26. The molecular formula is C14H26O. The van der Waals surface area contributed by atoms with Gasteiger partial charge in [-0.1, -0.05) is 58.4 Å². The van der Waals surface area contributed by atoms with Crippen molar-refractivity contribution in [2.45, 2.75) is 71.3 Å². The minimum Gasteiger partial charge on any atom is -0.388 e. The molecule has 0 radical (unpaired) electrons. The Labute approximate surface area is 94.9 Å². The summed E-state index contributed by atoms with van der Waals surface area (Å²) in [6.07, 6.45) is 9.59. The van der Waals surface area contributed by atoms with Gasteiger partial charge in [-0.05, 0) is 18.9 Å². The summed E-state index contributed by atoms with van der Waals surface area (Å²) in [5.74, 6) is 0. The van der Waals surface area contributed by atoms with E-state index in [2.05, 4.69) is 19.2 Å². The van der Waals surface area contributed by atoms with E-state index in [9.17, 15) is 5.11 Å². The summed E-state index contributed by atoms with van der Waals surface area (Å²) >= 11 is 0. The van der Waals surface area contributed by atoms with E-state index >= 15 is 0 Å². The molecule has 0 bridgehead atoms. The molecule has 88 valence electrons. The molecule has 0 saturated carbocycles. The quantitative estimate of drug-likeness (QED) is 0.446. The molecule has 0 aromatic rings. The van der Waals surface area contributed by atoms with Crippen molar-refractivity contribution >= 4 is 0 Å². The van der Waals surface area contributed by atoms with Crippen LogP contribution in [0.25, 0.3) is 0 Å². The molecular weight excluding hydrogens is 184 g/mol. The van der Waals surface area contributed by atoms with Crippen LogP contribution in [0.4, 0.5) is 0 Å². The zero-order valence-corrected chi connectivity index (χ0v) is 10.4.